The van der Waals surface area contributed by atoms with Crippen molar-refractivity contribution in [1.29, 1.82) is 0 Å². The van der Waals surface area contributed by atoms with Crippen LogP contribution in [0.25, 0.3) is 10.8 Å². The summed E-state index contributed by atoms with van der Waals surface area (Å²) < 4.78 is 36.8. The number of sulfonamides is 1. The van der Waals surface area contributed by atoms with Crippen LogP contribution >= 0.6 is 0 Å². The van der Waals surface area contributed by atoms with Gasteiger partial charge in [-0.25, -0.2) is 8.42 Å². The van der Waals surface area contributed by atoms with Crippen LogP contribution in [0.3, 0.4) is 0 Å². The van der Waals surface area contributed by atoms with Crippen molar-refractivity contribution in [2.75, 3.05) is 4.72 Å². The van der Waals surface area contributed by atoms with Gasteiger partial charge in [0.05, 0.1) is 28.5 Å². The van der Waals surface area contributed by atoms with Crippen LogP contribution in [-0.2, 0) is 16.6 Å². The minimum atomic E-state index is -3.77. The van der Waals surface area contributed by atoms with Gasteiger partial charge in [0.15, 0.2) is 0 Å². The molecule has 6 nitrogen and oxygen atoms in total. The molecule has 7 heteroatoms. The molecule has 0 amide bonds. The third-order valence-corrected chi connectivity index (χ3v) is 7.21. The molecule has 0 aliphatic heterocycles. The molecule has 1 N–H and O–H groups in total. The minimum Gasteiger partial charge on any atom is -0.457 e. The normalized spacial score (nSPS) is 11.5. The SMILES string of the molecule is Cc1nn(Cc2cccc(Oc3ccccc3)c2)c(C)c1NS(=O)(=O)c1ccc2ccccc2c1. The number of hydrogen-bond donors (Lipinski definition) is 1. The average molecular weight is 484 g/mol. The van der Waals surface area contributed by atoms with Gasteiger partial charge in [-0.15, -0.1) is 0 Å². The van der Waals surface area contributed by atoms with Crippen molar-refractivity contribution in [1.82, 2.24) is 9.78 Å². The Hall–Kier alpha value is -4.10. The van der Waals surface area contributed by atoms with E-state index < -0.39 is 10.0 Å². The summed E-state index contributed by atoms with van der Waals surface area (Å²) >= 11 is 0. The second-order valence-corrected chi connectivity index (χ2v) is 10.1. The van der Waals surface area contributed by atoms with Crippen molar-refractivity contribution in [3.63, 3.8) is 0 Å². The Morgan fingerprint density at radius 2 is 1.51 bits per heavy atom. The zero-order chi connectivity index (χ0) is 24.4. The fourth-order valence-corrected chi connectivity index (χ4v) is 5.24. The summed E-state index contributed by atoms with van der Waals surface area (Å²) in [6.07, 6.45) is 0. The highest BCUT2D eigenvalue weighted by molar-refractivity contribution is 7.92. The lowest BCUT2D eigenvalue weighted by molar-refractivity contribution is 0.481. The Morgan fingerprint density at radius 1 is 0.800 bits per heavy atom. The van der Waals surface area contributed by atoms with E-state index in [1.54, 1.807) is 23.7 Å². The van der Waals surface area contributed by atoms with Gasteiger partial charge < -0.3 is 4.74 Å². The average Bonchev–Trinajstić information content (AvgIpc) is 3.11. The third kappa shape index (κ3) is 4.90. The first kappa shape index (κ1) is 22.7. The molecule has 0 unspecified atom stereocenters. The number of ether oxygens (including phenoxy) is 1. The number of nitrogens with zero attached hydrogens (tertiary/aromatic N) is 2. The van der Waals surface area contributed by atoms with Gasteiger partial charge in [-0.1, -0.05) is 60.7 Å². The summed E-state index contributed by atoms with van der Waals surface area (Å²) in [5.41, 5.74) is 2.84. The van der Waals surface area contributed by atoms with Crippen LogP contribution in [0.2, 0.25) is 0 Å². The molecule has 0 aliphatic rings. The molecular formula is C28H25N3O3S. The number of fused-ring (bicyclic) bond motifs is 1. The summed E-state index contributed by atoms with van der Waals surface area (Å²) in [6.45, 7) is 4.15. The molecule has 0 spiro atoms. The summed E-state index contributed by atoms with van der Waals surface area (Å²) in [6, 6.07) is 30.2. The van der Waals surface area contributed by atoms with Crippen molar-refractivity contribution in [3.05, 3.63) is 114 Å². The monoisotopic (exact) mass is 483 g/mol. The van der Waals surface area contributed by atoms with Crippen LogP contribution in [-0.4, -0.2) is 18.2 Å². The third-order valence-electron chi connectivity index (χ3n) is 5.86. The van der Waals surface area contributed by atoms with Crippen LogP contribution in [0, 0.1) is 13.8 Å². The number of benzene rings is 4. The molecule has 1 aromatic heterocycles. The topological polar surface area (TPSA) is 73.2 Å². The van der Waals surface area contributed by atoms with Gasteiger partial charge in [0.25, 0.3) is 10.0 Å². The first-order valence-electron chi connectivity index (χ1n) is 11.3. The van der Waals surface area contributed by atoms with Crippen LogP contribution < -0.4 is 9.46 Å². The second-order valence-electron chi connectivity index (χ2n) is 8.38. The molecule has 35 heavy (non-hydrogen) atoms. The Balaban J connectivity index is 1.38. The molecule has 0 radical (unpaired) electrons. The molecule has 0 saturated heterocycles. The van der Waals surface area contributed by atoms with Gasteiger partial charge in [-0.05, 0) is 66.6 Å². The number of para-hydroxylation sites is 1. The fraction of sp³-hybridized carbons (Fsp3) is 0.107. The van der Waals surface area contributed by atoms with E-state index in [1.165, 1.54) is 0 Å². The highest BCUT2D eigenvalue weighted by Crippen LogP contribution is 2.27. The summed E-state index contributed by atoms with van der Waals surface area (Å²) in [4.78, 5) is 0.216. The van der Waals surface area contributed by atoms with E-state index in [0.29, 0.717) is 17.9 Å². The molecule has 4 aromatic carbocycles. The Morgan fingerprint density at radius 3 is 2.31 bits per heavy atom. The molecular weight excluding hydrogens is 458 g/mol. The zero-order valence-electron chi connectivity index (χ0n) is 19.5. The van der Waals surface area contributed by atoms with E-state index in [2.05, 4.69) is 9.82 Å². The molecule has 1 heterocycles. The predicted molar refractivity (Wildman–Crippen MR) is 139 cm³/mol. The highest BCUT2D eigenvalue weighted by atomic mass is 32.2. The van der Waals surface area contributed by atoms with Crippen LogP contribution in [0.1, 0.15) is 17.0 Å². The van der Waals surface area contributed by atoms with Gasteiger partial charge in [-0.2, -0.15) is 5.10 Å². The molecule has 5 aromatic rings. The Labute approximate surface area is 204 Å². The maximum Gasteiger partial charge on any atom is 0.262 e. The van der Waals surface area contributed by atoms with Gasteiger partial charge in [0.1, 0.15) is 11.5 Å². The second kappa shape index (κ2) is 9.27. The van der Waals surface area contributed by atoms with Crippen molar-refractivity contribution >= 4 is 26.5 Å². The maximum atomic E-state index is 13.2. The van der Waals surface area contributed by atoms with Gasteiger partial charge in [-0.3, -0.25) is 9.40 Å². The maximum absolute atomic E-state index is 13.2. The minimum absolute atomic E-state index is 0.216. The standard InChI is InChI=1S/C28H25N3O3S/c1-20-28(30-35(32,33)27-16-15-23-10-6-7-11-24(23)18-27)21(2)31(29-20)19-22-9-8-14-26(17-22)34-25-12-4-3-5-13-25/h3-18,30H,19H2,1-2H3. The number of aryl methyl sites for hydroxylation is 1. The number of rotatable bonds is 7. The van der Waals surface area contributed by atoms with Crippen molar-refractivity contribution in [2.24, 2.45) is 0 Å². The van der Waals surface area contributed by atoms with E-state index in [4.69, 9.17) is 4.74 Å². The summed E-state index contributed by atoms with van der Waals surface area (Å²) in [5.74, 6) is 1.49. The number of aromatic nitrogens is 2. The number of nitrogens with one attached hydrogen (secondary N) is 1. The van der Waals surface area contributed by atoms with E-state index in [-0.39, 0.29) is 4.90 Å². The summed E-state index contributed by atoms with van der Waals surface area (Å²) in [7, 11) is -3.77. The first-order chi connectivity index (χ1) is 16.9. The van der Waals surface area contributed by atoms with E-state index in [0.717, 1.165) is 33.5 Å². The lowest BCUT2D eigenvalue weighted by atomic mass is 10.1. The molecule has 5 rings (SSSR count). The van der Waals surface area contributed by atoms with Crippen LogP contribution in [0.5, 0.6) is 11.5 Å². The largest absolute Gasteiger partial charge is 0.457 e. The molecule has 176 valence electrons. The first-order valence-corrected chi connectivity index (χ1v) is 12.7. The Kier molecular flexibility index (Phi) is 6.01. The fourth-order valence-electron chi connectivity index (χ4n) is 4.03. The van der Waals surface area contributed by atoms with Gasteiger partial charge in [0.2, 0.25) is 0 Å². The van der Waals surface area contributed by atoms with E-state index in [9.17, 15) is 8.42 Å². The van der Waals surface area contributed by atoms with E-state index in [1.807, 2.05) is 91.9 Å². The molecule has 0 atom stereocenters. The zero-order valence-corrected chi connectivity index (χ0v) is 20.3. The number of hydrogen-bond acceptors (Lipinski definition) is 4. The van der Waals surface area contributed by atoms with E-state index >= 15 is 0 Å². The van der Waals surface area contributed by atoms with Crippen molar-refractivity contribution in [2.45, 2.75) is 25.3 Å². The van der Waals surface area contributed by atoms with Crippen LogP contribution in [0.4, 0.5) is 5.69 Å². The molecule has 0 fully saturated rings. The quantitative estimate of drug-likeness (QED) is 0.295. The summed E-state index contributed by atoms with van der Waals surface area (Å²) in [5, 5.41) is 6.46. The van der Waals surface area contributed by atoms with Gasteiger partial charge in [0, 0.05) is 0 Å². The molecule has 0 aliphatic carbocycles. The lowest BCUT2D eigenvalue weighted by Gasteiger charge is -2.11. The molecule has 0 bridgehead atoms. The highest BCUT2D eigenvalue weighted by Gasteiger charge is 2.20. The lowest BCUT2D eigenvalue weighted by Crippen LogP contribution is -2.14. The van der Waals surface area contributed by atoms with Crippen molar-refractivity contribution < 1.29 is 13.2 Å². The predicted octanol–water partition coefficient (Wildman–Crippen LogP) is 6.29. The number of anilines is 1. The Bertz CT molecular complexity index is 1610. The smallest absolute Gasteiger partial charge is 0.262 e. The van der Waals surface area contributed by atoms with Crippen LogP contribution in [0.15, 0.2) is 102 Å². The van der Waals surface area contributed by atoms with Gasteiger partial charge >= 0.3 is 0 Å². The van der Waals surface area contributed by atoms with Crippen molar-refractivity contribution in [3.8, 4) is 11.5 Å². The molecule has 0 saturated carbocycles.